The molecule has 0 bridgehead atoms. The molecule has 1 saturated carbocycles. The Morgan fingerprint density at radius 3 is 2.89 bits per heavy atom. The third-order valence-corrected chi connectivity index (χ3v) is 4.64. The second kappa shape index (κ2) is 4.81. The lowest BCUT2D eigenvalue weighted by molar-refractivity contribution is 0.890. The minimum Gasteiger partial charge on any atom is -0.368 e. The van der Waals surface area contributed by atoms with Gasteiger partial charge < -0.3 is 11.1 Å². The normalized spacial score (nSPS) is 14.7. The molecule has 0 spiro atoms. The summed E-state index contributed by atoms with van der Waals surface area (Å²) in [6, 6.07) is 2.03. The average Bonchev–Trinajstić information content (AvgIpc) is 3.11. The van der Waals surface area contributed by atoms with E-state index in [1.54, 1.807) is 11.3 Å². The maximum Gasteiger partial charge on any atom is 0.228 e. The van der Waals surface area contributed by atoms with Crippen molar-refractivity contribution in [1.29, 1.82) is 0 Å². The molecule has 94 valence electrons. The SMILES string of the molecule is Nc1nc(NCc2sccc2Br)nc(C2CC2)n1. The van der Waals surface area contributed by atoms with Crippen molar-refractivity contribution in [3.05, 3.63) is 26.6 Å². The number of thiophene rings is 1. The van der Waals surface area contributed by atoms with Crippen LogP contribution in [-0.2, 0) is 6.54 Å². The summed E-state index contributed by atoms with van der Waals surface area (Å²) in [4.78, 5) is 13.9. The van der Waals surface area contributed by atoms with Crippen LogP contribution in [0.2, 0.25) is 0 Å². The number of nitrogens with zero attached hydrogens (tertiary/aromatic N) is 3. The van der Waals surface area contributed by atoms with Gasteiger partial charge in [0.05, 0.1) is 6.54 Å². The lowest BCUT2D eigenvalue weighted by Crippen LogP contribution is -2.09. The Kier molecular flexibility index (Phi) is 3.17. The summed E-state index contributed by atoms with van der Waals surface area (Å²) in [7, 11) is 0. The first-order valence-electron chi connectivity index (χ1n) is 5.69. The number of hydrogen-bond acceptors (Lipinski definition) is 6. The van der Waals surface area contributed by atoms with E-state index in [2.05, 4.69) is 36.2 Å². The molecule has 0 radical (unpaired) electrons. The molecule has 1 aliphatic rings. The van der Waals surface area contributed by atoms with Gasteiger partial charge in [0.2, 0.25) is 11.9 Å². The van der Waals surface area contributed by atoms with Gasteiger partial charge >= 0.3 is 0 Å². The van der Waals surface area contributed by atoms with Gasteiger partial charge in [-0.25, -0.2) is 0 Å². The molecule has 2 heterocycles. The fourth-order valence-electron chi connectivity index (χ4n) is 1.62. The Bertz CT molecular complexity index is 566. The Hall–Kier alpha value is -1.21. The van der Waals surface area contributed by atoms with E-state index in [1.165, 1.54) is 4.88 Å². The average molecular weight is 326 g/mol. The van der Waals surface area contributed by atoms with E-state index < -0.39 is 0 Å². The van der Waals surface area contributed by atoms with Crippen LogP contribution in [0.3, 0.4) is 0 Å². The number of nitrogens with two attached hydrogens (primary N) is 1. The van der Waals surface area contributed by atoms with Crippen molar-refractivity contribution in [1.82, 2.24) is 15.0 Å². The fraction of sp³-hybridized carbons (Fsp3) is 0.364. The number of anilines is 2. The first kappa shape index (κ1) is 11.9. The zero-order valence-electron chi connectivity index (χ0n) is 9.56. The minimum absolute atomic E-state index is 0.291. The molecule has 1 fully saturated rings. The van der Waals surface area contributed by atoms with Crippen molar-refractivity contribution in [2.45, 2.75) is 25.3 Å². The van der Waals surface area contributed by atoms with Crippen LogP contribution in [-0.4, -0.2) is 15.0 Å². The third-order valence-electron chi connectivity index (χ3n) is 2.71. The molecule has 3 rings (SSSR count). The van der Waals surface area contributed by atoms with Gasteiger partial charge in [0.25, 0.3) is 0 Å². The van der Waals surface area contributed by atoms with Crippen LogP contribution >= 0.6 is 27.3 Å². The standard InChI is InChI=1S/C11H12BrN5S/c12-7-3-4-18-8(7)5-14-11-16-9(6-1-2-6)15-10(13)17-11/h3-4,6H,1-2,5H2,(H3,13,14,15,16,17). The molecule has 3 N–H and O–H groups in total. The summed E-state index contributed by atoms with van der Waals surface area (Å²) in [5, 5.41) is 5.23. The van der Waals surface area contributed by atoms with Gasteiger partial charge in [0.15, 0.2) is 0 Å². The molecule has 0 atom stereocenters. The highest BCUT2D eigenvalue weighted by Crippen LogP contribution is 2.38. The molecule has 0 saturated heterocycles. The van der Waals surface area contributed by atoms with Gasteiger partial charge in [-0.15, -0.1) is 11.3 Å². The number of rotatable bonds is 4. The van der Waals surface area contributed by atoms with Gasteiger partial charge in [0, 0.05) is 15.3 Å². The number of nitrogen functional groups attached to an aromatic ring is 1. The van der Waals surface area contributed by atoms with Crippen molar-refractivity contribution < 1.29 is 0 Å². The number of hydrogen-bond donors (Lipinski definition) is 2. The Morgan fingerprint density at radius 2 is 2.22 bits per heavy atom. The zero-order chi connectivity index (χ0) is 12.5. The number of halogens is 1. The molecular formula is C11H12BrN5S. The highest BCUT2D eigenvalue weighted by molar-refractivity contribution is 9.10. The summed E-state index contributed by atoms with van der Waals surface area (Å²) in [5.41, 5.74) is 5.69. The molecule has 5 nitrogen and oxygen atoms in total. The smallest absolute Gasteiger partial charge is 0.228 e. The quantitative estimate of drug-likeness (QED) is 0.903. The molecule has 0 aliphatic heterocycles. The molecule has 2 aromatic rings. The summed E-state index contributed by atoms with van der Waals surface area (Å²) < 4.78 is 1.10. The van der Waals surface area contributed by atoms with E-state index in [9.17, 15) is 0 Å². The van der Waals surface area contributed by atoms with Crippen LogP contribution in [0, 0.1) is 0 Å². The predicted octanol–water partition coefficient (Wildman–Crippen LogP) is 2.77. The molecule has 7 heteroatoms. The van der Waals surface area contributed by atoms with Crippen LogP contribution in [0.5, 0.6) is 0 Å². The highest BCUT2D eigenvalue weighted by atomic mass is 79.9. The van der Waals surface area contributed by atoms with Crippen LogP contribution in [0.15, 0.2) is 15.9 Å². The zero-order valence-corrected chi connectivity index (χ0v) is 12.0. The van der Waals surface area contributed by atoms with E-state index in [-0.39, 0.29) is 0 Å². The first-order chi connectivity index (χ1) is 8.72. The second-order valence-corrected chi connectivity index (χ2v) is 6.05. The Balaban J connectivity index is 1.74. The Labute approximate surface area is 117 Å². The summed E-state index contributed by atoms with van der Waals surface area (Å²) in [6.45, 7) is 0.686. The van der Waals surface area contributed by atoms with Gasteiger partial charge in [-0.05, 0) is 40.2 Å². The van der Waals surface area contributed by atoms with Crippen LogP contribution in [0.25, 0.3) is 0 Å². The lowest BCUT2D eigenvalue weighted by atomic mass is 10.4. The number of aromatic nitrogens is 3. The van der Waals surface area contributed by atoms with E-state index in [1.807, 2.05) is 11.4 Å². The molecule has 0 unspecified atom stereocenters. The van der Waals surface area contributed by atoms with Crippen LogP contribution in [0.1, 0.15) is 29.5 Å². The van der Waals surface area contributed by atoms with Gasteiger partial charge in [0.1, 0.15) is 5.82 Å². The summed E-state index contributed by atoms with van der Waals surface area (Å²) >= 11 is 5.18. The molecular weight excluding hydrogens is 314 g/mol. The molecule has 2 aromatic heterocycles. The first-order valence-corrected chi connectivity index (χ1v) is 7.37. The molecule has 0 amide bonds. The van der Waals surface area contributed by atoms with Crippen LogP contribution in [0.4, 0.5) is 11.9 Å². The van der Waals surface area contributed by atoms with Gasteiger partial charge in [-0.2, -0.15) is 15.0 Å². The van der Waals surface area contributed by atoms with Gasteiger partial charge in [-0.3, -0.25) is 0 Å². The van der Waals surface area contributed by atoms with Gasteiger partial charge in [-0.1, -0.05) is 0 Å². The molecule has 1 aliphatic carbocycles. The van der Waals surface area contributed by atoms with E-state index in [4.69, 9.17) is 5.73 Å². The van der Waals surface area contributed by atoms with E-state index in [0.717, 1.165) is 23.1 Å². The van der Waals surface area contributed by atoms with Crippen molar-refractivity contribution in [2.75, 3.05) is 11.1 Å². The summed E-state index contributed by atoms with van der Waals surface area (Å²) in [5.74, 6) is 2.14. The lowest BCUT2D eigenvalue weighted by Gasteiger charge is -2.06. The van der Waals surface area contributed by atoms with Crippen molar-refractivity contribution in [2.24, 2.45) is 0 Å². The second-order valence-electron chi connectivity index (χ2n) is 4.19. The monoisotopic (exact) mass is 325 g/mol. The number of nitrogens with one attached hydrogen (secondary N) is 1. The minimum atomic E-state index is 0.291. The van der Waals surface area contributed by atoms with Crippen molar-refractivity contribution >= 4 is 39.2 Å². The predicted molar refractivity (Wildman–Crippen MR) is 75.6 cm³/mol. The maximum atomic E-state index is 5.69. The topological polar surface area (TPSA) is 76.7 Å². The van der Waals surface area contributed by atoms with E-state index >= 15 is 0 Å². The van der Waals surface area contributed by atoms with E-state index in [0.29, 0.717) is 24.4 Å². The summed E-state index contributed by atoms with van der Waals surface area (Å²) in [6.07, 6.45) is 2.30. The highest BCUT2D eigenvalue weighted by Gasteiger charge is 2.27. The maximum absolute atomic E-state index is 5.69. The Morgan fingerprint density at radius 1 is 1.39 bits per heavy atom. The van der Waals surface area contributed by atoms with Crippen molar-refractivity contribution in [3.63, 3.8) is 0 Å². The fourth-order valence-corrected chi connectivity index (χ4v) is 3.06. The van der Waals surface area contributed by atoms with Crippen molar-refractivity contribution in [3.8, 4) is 0 Å². The van der Waals surface area contributed by atoms with Crippen LogP contribution < -0.4 is 11.1 Å². The third kappa shape index (κ3) is 2.62. The molecule has 0 aromatic carbocycles. The largest absolute Gasteiger partial charge is 0.368 e. The molecule has 18 heavy (non-hydrogen) atoms.